The lowest BCUT2D eigenvalue weighted by Crippen LogP contribution is -2.51. The van der Waals surface area contributed by atoms with Crippen LogP contribution in [0.3, 0.4) is 0 Å². The normalized spacial score (nSPS) is 16.1. The van der Waals surface area contributed by atoms with Gasteiger partial charge in [-0.3, -0.25) is 9.48 Å². The molecule has 0 spiro atoms. The zero-order chi connectivity index (χ0) is 15.9. The fourth-order valence-corrected chi connectivity index (χ4v) is 2.90. The Balaban J connectivity index is 0. The van der Waals surface area contributed by atoms with Gasteiger partial charge in [0.25, 0.3) is 0 Å². The fraction of sp³-hybridized carbons (Fsp3) is 0.733. The summed E-state index contributed by atoms with van der Waals surface area (Å²) in [6.07, 6.45) is 5.76. The van der Waals surface area contributed by atoms with Crippen LogP contribution in [0.4, 0.5) is 0 Å². The van der Waals surface area contributed by atoms with E-state index in [0.29, 0.717) is 0 Å². The smallest absolute Gasteiger partial charge is 0.241 e. The van der Waals surface area contributed by atoms with Crippen LogP contribution in [0.25, 0.3) is 0 Å². The van der Waals surface area contributed by atoms with E-state index in [1.807, 2.05) is 24.0 Å². The summed E-state index contributed by atoms with van der Waals surface area (Å²) in [6, 6.07) is 1.65. The van der Waals surface area contributed by atoms with E-state index in [-0.39, 0.29) is 55.8 Å². The minimum absolute atomic E-state index is 0. The molecular weight excluding hydrogens is 389 g/mol. The maximum Gasteiger partial charge on any atom is 0.241 e. The minimum atomic E-state index is -0.562. The molecule has 1 unspecified atom stereocenters. The molecule has 0 saturated carbocycles. The number of hydrogen-bond acceptors (Lipinski definition) is 5. The quantitative estimate of drug-likeness (QED) is 0.716. The molecule has 0 radical (unpaired) electrons. The number of aromatic nitrogens is 2. The van der Waals surface area contributed by atoms with Gasteiger partial charge in [-0.1, -0.05) is 0 Å². The van der Waals surface area contributed by atoms with E-state index >= 15 is 0 Å². The molecule has 0 aromatic carbocycles. The van der Waals surface area contributed by atoms with E-state index in [1.165, 1.54) is 0 Å². The first-order valence-electron chi connectivity index (χ1n) is 7.82. The Morgan fingerprint density at radius 2 is 1.96 bits per heavy atom. The number of rotatable bonds is 7. The number of likely N-dealkylation sites (tertiary alicyclic amines) is 1. The molecule has 0 aliphatic carbocycles. The standard InChI is InChI=1S/C15H27N5O2.3ClH/c1-18(15(21)14(16)12-22-2)13-4-8-19(9-5-13)10-11-20-7-3-6-17-20;;;/h3,6-7,13-14H,4-5,8-12,16H2,1-2H3;3*1H. The second-order valence-electron chi connectivity index (χ2n) is 5.85. The molecule has 1 aliphatic heterocycles. The van der Waals surface area contributed by atoms with Gasteiger partial charge in [0.1, 0.15) is 6.04 Å². The van der Waals surface area contributed by atoms with Gasteiger partial charge >= 0.3 is 0 Å². The van der Waals surface area contributed by atoms with Crippen LogP contribution in [0.1, 0.15) is 12.8 Å². The topological polar surface area (TPSA) is 76.6 Å². The van der Waals surface area contributed by atoms with Crippen LogP contribution in [-0.2, 0) is 16.1 Å². The van der Waals surface area contributed by atoms with E-state index in [1.54, 1.807) is 18.2 Å². The number of methoxy groups -OCH3 is 1. The number of amides is 1. The number of hydrogen-bond donors (Lipinski definition) is 1. The number of likely N-dealkylation sites (N-methyl/N-ethyl adjacent to an activating group) is 1. The van der Waals surface area contributed by atoms with Crippen molar-refractivity contribution in [3.05, 3.63) is 18.5 Å². The number of nitrogens with two attached hydrogens (primary N) is 1. The van der Waals surface area contributed by atoms with Crippen LogP contribution >= 0.6 is 37.2 Å². The molecular formula is C15H30Cl3N5O2. The summed E-state index contributed by atoms with van der Waals surface area (Å²) >= 11 is 0. The summed E-state index contributed by atoms with van der Waals surface area (Å²) in [7, 11) is 3.41. The Labute approximate surface area is 168 Å². The lowest BCUT2D eigenvalue weighted by atomic mass is 10.0. The Hall–Kier alpha value is -0.570. The summed E-state index contributed by atoms with van der Waals surface area (Å²) in [5.74, 6) is -0.0307. The summed E-state index contributed by atoms with van der Waals surface area (Å²) in [4.78, 5) is 16.4. The fourth-order valence-electron chi connectivity index (χ4n) is 2.90. The van der Waals surface area contributed by atoms with E-state index in [0.717, 1.165) is 39.0 Å². The van der Waals surface area contributed by atoms with Crippen LogP contribution < -0.4 is 5.73 Å². The molecule has 148 valence electrons. The van der Waals surface area contributed by atoms with Gasteiger partial charge in [-0.2, -0.15) is 5.10 Å². The van der Waals surface area contributed by atoms with Gasteiger partial charge in [0.15, 0.2) is 0 Å². The lowest BCUT2D eigenvalue weighted by Gasteiger charge is -2.37. The van der Waals surface area contributed by atoms with Gasteiger partial charge in [-0.05, 0) is 18.9 Å². The summed E-state index contributed by atoms with van der Waals surface area (Å²) in [5.41, 5.74) is 5.83. The zero-order valence-electron chi connectivity index (χ0n) is 14.7. The third-order valence-corrected chi connectivity index (χ3v) is 4.32. The molecule has 1 fully saturated rings. The van der Waals surface area contributed by atoms with Crippen molar-refractivity contribution >= 4 is 43.1 Å². The highest BCUT2D eigenvalue weighted by atomic mass is 35.5. The van der Waals surface area contributed by atoms with Crippen molar-refractivity contribution in [3.8, 4) is 0 Å². The first-order valence-corrected chi connectivity index (χ1v) is 7.82. The third-order valence-electron chi connectivity index (χ3n) is 4.32. The number of nitrogens with zero attached hydrogens (tertiary/aromatic N) is 4. The van der Waals surface area contributed by atoms with Gasteiger partial charge < -0.3 is 20.3 Å². The van der Waals surface area contributed by atoms with Crippen LogP contribution in [-0.4, -0.2) is 78.0 Å². The van der Waals surface area contributed by atoms with Gasteiger partial charge in [0.2, 0.25) is 5.91 Å². The monoisotopic (exact) mass is 417 g/mol. The largest absolute Gasteiger partial charge is 0.383 e. The van der Waals surface area contributed by atoms with E-state index in [4.69, 9.17) is 10.5 Å². The van der Waals surface area contributed by atoms with Crippen LogP contribution in [0, 0.1) is 0 Å². The van der Waals surface area contributed by atoms with Gasteiger partial charge in [0.05, 0.1) is 13.2 Å². The Bertz CT molecular complexity index is 456. The predicted octanol–water partition coefficient (Wildman–Crippen LogP) is 1.05. The van der Waals surface area contributed by atoms with Crippen LogP contribution in [0.15, 0.2) is 18.5 Å². The summed E-state index contributed by atoms with van der Waals surface area (Å²) in [5, 5.41) is 4.22. The molecule has 1 aromatic heterocycles. The first-order chi connectivity index (χ1) is 10.6. The Kier molecular flexibility index (Phi) is 14.5. The SMILES string of the molecule is COCC(N)C(=O)N(C)C1CCN(CCn2cccn2)CC1.Cl.Cl.Cl. The van der Waals surface area contributed by atoms with Gasteiger partial charge in [-0.15, -0.1) is 37.2 Å². The molecule has 7 nitrogen and oxygen atoms in total. The molecule has 1 saturated heterocycles. The van der Waals surface area contributed by atoms with Crippen molar-refractivity contribution in [1.82, 2.24) is 19.6 Å². The third kappa shape index (κ3) is 8.11. The maximum atomic E-state index is 12.2. The van der Waals surface area contributed by atoms with Crippen molar-refractivity contribution < 1.29 is 9.53 Å². The molecule has 25 heavy (non-hydrogen) atoms. The van der Waals surface area contributed by atoms with E-state index in [9.17, 15) is 4.79 Å². The highest BCUT2D eigenvalue weighted by Gasteiger charge is 2.27. The van der Waals surface area contributed by atoms with Crippen molar-refractivity contribution in [1.29, 1.82) is 0 Å². The molecule has 0 bridgehead atoms. The second-order valence-corrected chi connectivity index (χ2v) is 5.85. The average Bonchev–Trinajstić information content (AvgIpc) is 3.05. The number of carbonyl (C=O) groups excluding carboxylic acids is 1. The number of halogens is 3. The predicted molar refractivity (Wildman–Crippen MR) is 106 cm³/mol. The molecule has 1 atom stereocenters. The molecule has 1 aliphatic rings. The van der Waals surface area contributed by atoms with Crippen LogP contribution in [0.5, 0.6) is 0 Å². The molecule has 1 aromatic rings. The second kappa shape index (κ2) is 13.6. The van der Waals surface area contributed by atoms with E-state index in [2.05, 4.69) is 10.00 Å². The van der Waals surface area contributed by atoms with Crippen molar-refractivity contribution in [3.63, 3.8) is 0 Å². The average molecular weight is 419 g/mol. The highest BCUT2D eigenvalue weighted by molar-refractivity contribution is 5.86. The first kappa shape index (κ1) is 26.7. The summed E-state index contributed by atoms with van der Waals surface area (Å²) in [6.45, 7) is 4.18. The number of piperidine rings is 1. The van der Waals surface area contributed by atoms with Crippen molar-refractivity contribution in [2.24, 2.45) is 5.73 Å². The zero-order valence-corrected chi connectivity index (χ0v) is 17.2. The molecule has 1 amide bonds. The maximum absolute atomic E-state index is 12.2. The lowest BCUT2D eigenvalue weighted by molar-refractivity contribution is -0.135. The Morgan fingerprint density at radius 1 is 1.32 bits per heavy atom. The van der Waals surface area contributed by atoms with Gasteiger partial charge in [0, 0.05) is 52.2 Å². The minimum Gasteiger partial charge on any atom is -0.383 e. The molecule has 2 rings (SSSR count). The van der Waals surface area contributed by atoms with Crippen LogP contribution in [0.2, 0.25) is 0 Å². The number of ether oxygens (including phenoxy) is 1. The van der Waals surface area contributed by atoms with Crippen molar-refractivity contribution in [2.45, 2.75) is 31.5 Å². The number of carbonyl (C=O) groups is 1. The Morgan fingerprint density at radius 3 is 2.48 bits per heavy atom. The van der Waals surface area contributed by atoms with Gasteiger partial charge in [-0.25, -0.2) is 0 Å². The molecule has 2 heterocycles. The highest BCUT2D eigenvalue weighted by Crippen LogP contribution is 2.16. The van der Waals surface area contributed by atoms with Crippen molar-refractivity contribution in [2.75, 3.05) is 40.4 Å². The molecule has 2 N–H and O–H groups in total. The van der Waals surface area contributed by atoms with E-state index < -0.39 is 6.04 Å². The summed E-state index contributed by atoms with van der Waals surface area (Å²) < 4.78 is 6.91. The molecule has 10 heteroatoms.